The summed E-state index contributed by atoms with van der Waals surface area (Å²) in [7, 11) is 4.60. The highest BCUT2D eigenvalue weighted by molar-refractivity contribution is 5.90. The molecule has 6 heteroatoms. The van der Waals surface area contributed by atoms with Crippen LogP contribution in [0.4, 0.5) is 10.5 Å². The Hall–Kier alpha value is -3.67. The van der Waals surface area contributed by atoms with Gasteiger partial charge in [0, 0.05) is 24.6 Å². The summed E-state index contributed by atoms with van der Waals surface area (Å²) in [5, 5.41) is 5.80. The van der Waals surface area contributed by atoms with E-state index in [1.165, 1.54) is 21.3 Å². The second-order valence-corrected chi connectivity index (χ2v) is 6.62. The van der Waals surface area contributed by atoms with Crippen LogP contribution in [0.2, 0.25) is 0 Å². The normalized spacial score (nSPS) is 10.4. The standard InChI is InChI=1S/C24H26N2O4/c1-28-21-14-19(15-22(29-2)23(21)30-3)26-24(27)25-16-20(17-10-6-4-7-11-17)18-12-8-5-9-13-18/h4-15,20H,16H2,1-3H3,(H2,25,26,27). The summed E-state index contributed by atoms with van der Waals surface area (Å²) < 4.78 is 16.0. The number of urea groups is 1. The van der Waals surface area contributed by atoms with Crippen molar-refractivity contribution in [1.29, 1.82) is 0 Å². The molecule has 0 spiro atoms. The molecule has 3 aromatic rings. The smallest absolute Gasteiger partial charge is 0.319 e. The van der Waals surface area contributed by atoms with Crippen LogP contribution in [-0.4, -0.2) is 33.9 Å². The molecular formula is C24H26N2O4. The fourth-order valence-corrected chi connectivity index (χ4v) is 3.32. The Morgan fingerprint density at radius 3 is 1.73 bits per heavy atom. The van der Waals surface area contributed by atoms with Crippen molar-refractivity contribution in [2.24, 2.45) is 0 Å². The molecule has 2 amide bonds. The van der Waals surface area contributed by atoms with Gasteiger partial charge < -0.3 is 24.8 Å². The summed E-state index contributed by atoms with van der Waals surface area (Å²) in [5.41, 5.74) is 2.81. The van der Waals surface area contributed by atoms with E-state index in [-0.39, 0.29) is 11.9 Å². The largest absolute Gasteiger partial charge is 0.493 e. The van der Waals surface area contributed by atoms with Crippen LogP contribution in [0.3, 0.4) is 0 Å². The van der Waals surface area contributed by atoms with E-state index >= 15 is 0 Å². The van der Waals surface area contributed by atoms with Gasteiger partial charge in [0.05, 0.1) is 27.0 Å². The second-order valence-electron chi connectivity index (χ2n) is 6.62. The number of nitrogens with one attached hydrogen (secondary N) is 2. The van der Waals surface area contributed by atoms with Gasteiger partial charge in [0.1, 0.15) is 0 Å². The third-order valence-corrected chi connectivity index (χ3v) is 4.79. The molecule has 0 unspecified atom stereocenters. The Morgan fingerprint density at radius 2 is 1.30 bits per heavy atom. The minimum atomic E-state index is -0.318. The first-order valence-corrected chi connectivity index (χ1v) is 9.61. The molecule has 30 heavy (non-hydrogen) atoms. The molecule has 2 N–H and O–H groups in total. The van der Waals surface area contributed by atoms with E-state index in [0.29, 0.717) is 29.5 Å². The summed E-state index contributed by atoms with van der Waals surface area (Å²) in [6, 6.07) is 23.3. The zero-order valence-electron chi connectivity index (χ0n) is 17.3. The van der Waals surface area contributed by atoms with Crippen molar-refractivity contribution in [2.75, 3.05) is 33.2 Å². The highest BCUT2D eigenvalue weighted by Crippen LogP contribution is 2.39. The lowest BCUT2D eigenvalue weighted by molar-refractivity contribution is 0.252. The van der Waals surface area contributed by atoms with E-state index in [2.05, 4.69) is 34.9 Å². The van der Waals surface area contributed by atoms with E-state index < -0.39 is 0 Å². The maximum absolute atomic E-state index is 12.6. The van der Waals surface area contributed by atoms with Gasteiger partial charge in [-0.3, -0.25) is 0 Å². The van der Waals surface area contributed by atoms with Crippen molar-refractivity contribution in [1.82, 2.24) is 5.32 Å². The van der Waals surface area contributed by atoms with Gasteiger partial charge >= 0.3 is 6.03 Å². The Bertz CT molecular complexity index is 897. The van der Waals surface area contributed by atoms with Crippen LogP contribution in [-0.2, 0) is 0 Å². The van der Waals surface area contributed by atoms with Crippen LogP contribution in [0.15, 0.2) is 72.8 Å². The number of hydrogen-bond donors (Lipinski definition) is 2. The van der Waals surface area contributed by atoms with Crippen molar-refractivity contribution in [2.45, 2.75) is 5.92 Å². The SMILES string of the molecule is COc1cc(NC(=O)NCC(c2ccccc2)c2ccccc2)cc(OC)c1OC. The first-order chi connectivity index (χ1) is 14.7. The molecule has 0 aromatic heterocycles. The van der Waals surface area contributed by atoms with E-state index in [4.69, 9.17) is 14.2 Å². The first-order valence-electron chi connectivity index (χ1n) is 9.61. The number of amides is 2. The van der Waals surface area contributed by atoms with Crippen LogP contribution in [0, 0.1) is 0 Å². The van der Waals surface area contributed by atoms with Crippen LogP contribution >= 0.6 is 0 Å². The molecule has 6 nitrogen and oxygen atoms in total. The molecule has 156 valence electrons. The Labute approximate surface area is 176 Å². The minimum absolute atomic E-state index is 0.0399. The monoisotopic (exact) mass is 406 g/mol. The molecule has 0 bridgehead atoms. The molecule has 3 aromatic carbocycles. The highest BCUT2D eigenvalue weighted by atomic mass is 16.5. The van der Waals surface area contributed by atoms with E-state index in [1.54, 1.807) is 12.1 Å². The van der Waals surface area contributed by atoms with Gasteiger partial charge in [-0.25, -0.2) is 4.79 Å². The van der Waals surface area contributed by atoms with Gasteiger partial charge in [-0.15, -0.1) is 0 Å². The van der Waals surface area contributed by atoms with Crippen LogP contribution in [0.25, 0.3) is 0 Å². The molecule has 0 saturated carbocycles. The third kappa shape index (κ3) is 5.03. The number of benzene rings is 3. The Morgan fingerprint density at radius 1 is 0.800 bits per heavy atom. The topological polar surface area (TPSA) is 68.8 Å². The number of anilines is 1. The molecule has 0 aliphatic carbocycles. The molecule has 0 saturated heterocycles. The molecule has 3 rings (SSSR count). The van der Waals surface area contributed by atoms with Crippen LogP contribution in [0.5, 0.6) is 17.2 Å². The lowest BCUT2D eigenvalue weighted by atomic mass is 9.91. The van der Waals surface area contributed by atoms with Gasteiger partial charge in [-0.2, -0.15) is 0 Å². The average molecular weight is 406 g/mol. The molecule has 0 fully saturated rings. The van der Waals surface area contributed by atoms with Gasteiger partial charge in [0.25, 0.3) is 0 Å². The van der Waals surface area contributed by atoms with Crippen molar-refractivity contribution < 1.29 is 19.0 Å². The molecule has 0 aliphatic heterocycles. The predicted molar refractivity (Wildman–Crippen MR) is 118 cm³/mol. The number of hydrogen-bond acceptors (Lipinski definition) is 4. The molecule has 0 radical (unpaired) electrons. The van der Waals surface area contributed by atoms with E-state index in [9.17, 15) is 4.79 Å². The second kappa shape index (κ2) is 10.2. The first kappa shape index (κ1) is 21.0. The zero-order chi connectivity index (χ0) is 21.3. The molecular weight excluding hydrogens is 380 g/mol. The van der Waals surface area contributed by atoms with Crippen molar-refractivity contribution in [3.05, 3.63) is 83.9 Å². The Balaban J connectivity index is 1.74. The van der Waals surface area contributed by atoms with Crippen LogP contribution in [0.1, 0.15) is 17.0 Å². The van der Waals surface area contributed by atoms with Gasteiger partial charge in [-0.05, 0) is 11.1 Å². The predicted octanol–water partition coefficient (Wildman–Crippen LogP) is 4.67. The van der Waals surface area contributed by atoms with Gasteiger partial charge in [-0.1, -0.05) is 60.7 Å². The third-order valence-electron chi connectivity index (χ3n) is 4.79. The summed E-state index contributed by atoms with van der Waals surface area (Å²) in [4.78, 5) is 12.6. The molecule has 0 aliphatic rings. The maximum Gasteiger partial charge on any atom is 0.319 e. The minimum Gasteiger partial charge on any atom is -0.493 e. The highest BCUT2D eigenvalue weighted by Gasteiger charge is 2.17. The number of carbonyl (C=O) groups excluding carboxylic acids is 1. The van der Waals surface area contributed by atoms with E-state index in [0.717, 1.165) is 11.1 Å². The van der Waals surface area contributed by atoms with Crippen LogP contribution < -0.4 is 24.8 Å². The lowest BCUT2D eigenvalue weighted by Gasteiger charge is -2.19. The van der Waals surface area contributed by atoms with Crippen molar-refractivity contribution in [3.8, 4) is 17.2 Å². The molecule has 0 heterocycles. The molecule has 0 atom stereocenters. The zero-order valence-corrected chi connectivity index (χ0v) is 17.3. The Kier molecular flexibility index (Phi) is 7.16. The summed E-state index contributed by atoms with van der Waals surface area (Å²) >= 11 is 0. The average Bonchev–Trinajstić information content (AvgIpc) is 2.80. The van der Waals surface area contributed by atoms with E-state index in [1.807, 2.05) is 36.4 Å². The quantitative estimate of drug-likeness (QED) is 0.571. The van der Waals surface area contributed by atoms with Gasteiger partial charge in [0.15, 0.2) is 11.5 Å². The summed E-state index contributed by atoms with van der Waals surface area (Å²) in [6.07, 6.45) is 0. The number of methoxy groups -OCH3 is 3. The number of rotatable bonds is 8. The number of carbonyl (C=O) groups is 1. The van der Waals surface area contributed by atoms with Crippen molar-refractivity contribution >= 4 is 11.7 Å². The van der Waals surface area contributed by atoms with Crippen molar-refractivity contribution in [3.63, 3.8) is 0 Å². The summed E-state index contributed by atoms with van der Waals surface area (Å²) in [5.74, 6) is 1.45. The maximum atomic E-state index is 12.6. The fraction of sp³-hybridized carbons (Fsp3) is 0.208. The number of ether oxygens (including phenoxy) is 3. The fourth-order valence-electron chi connectivity index (χ4n) is 3.32. The van der Waals surface area contributed by atoms with Gasteiger partial charge in [0.2, 0.25) is 5.75 Å². The lowest BCUT2D eigenvalue weighted by Crippen LogP contribution is -2.32. The summed E-state index contributed by atoms with van der Waals surface area (Å²) in [6.45, 7) is 0.449.